The van der Waals surface area contributed by atoms with Crippen LogP contribution < -0.4 is 20.0 Å². The fourth-order valence-corrected chi connectivity index (χ4v) is 8.90. The highest BCUT2D eigenvalue weighted by Gasteiger charge is 2.67. The van der Waals surface area contributed by atoms with Crippen molar-refractivity contribution >= 4 is 75.1 Å². The molecule has 2 aliphatic heterocycles. The van der Waals surface area contributed by atoms with E-state index in [1.165, 1.54) is 37.4 Å². The number of fused-ring (bicyclic) bond motifs is 4. The molecule has 3 aromatic rings. The highest BCUT2D eigenvalue weighted by Crippen LogP contribution is 2.64. The van der Waals surface area contributed by atoms with E-state index in [4.69, 9.17) is 16.3 Å². The van der Waals surface area contributed by atoms with Crippen molar-refractivity contribution in [2.24, 2.45) is 29.1 Å². The normalized spacial score (nSPS) is 27.9. The van der Waals surface area contributed by atoms with Crippen LogP contribution in [-0.2, 0) is 19.2 Å². The number of halogens is 3. The molecule has 2 heterocycles. The van der Waals surface area contributed by atoms with Crippen molar-refractivity contribution < 1.29 is 43.5 Å². The second-order valence-corrected chi connectivity index (χ2v) is 14.1. The van der Waals surface area contributed by atoms with Gasteiger partial charge in [0, 0.05) is 5.92 Å². The third-order valence-electron chi connectivity index (χ3n) is 10.5. The number of rotatable bonds is 5. The molecule has 3 fully saturated rings. The van der Waals surface area contributed by atoms with Crippen molar-refractivity contribution in [3.63, 3.8) is 0 Å². The number of amides is 4. The van der Waals surface area contributed by atoms with Gasteiger partial charge < -0.3 is 19.9 Å². The average molecular weight is 738 g/mol. The molecule has 0 spiro atoms. The molecule has 0 radical (unpaired) electrons. The molecular weight excluding hydrogens is 710 g/mol. The van der Waals surface area contributed by atoms with Gasteiger partial charge >= 0.3 is 7.12 Å². The maximum atomic E-state index is 14.6. The summed E-state index contributed by atoms with van der Waals surface area (Å²) in [6, 6.07) is 12.8. The lowest BCUT2D eigenvalue weighted by Gasteiger charge is -2.49. The molecule has 14 heteroatoms. The molecule has 3 aromatic carbocycles. The maximum Gasteiger partial charge on any atom is 0.488 e. The molecule has 3 N–H and O–H groups in total. The van der Waals surface area contributed by atoms with Crippen molar-refractivity contribution in [3.8, 4) is 11.5 Å². The molecule has 7 rings (SSSR count). The molecule has 1 saturated carbocycles. The number of imide groups is 2. The number of benzene rings is 3. The molecular formula is C34H28BBrClFN2O8. The standard InChI is InChI=1S/C34H28BBrClFN2O8/c1-34-22(31(43)40(33(34)45)18-6-9-25(38)24(37)13-18)14-21-19(28(34)15-10-23(36)29(41)26(11-15)48-2)7-8-20-27(21)32(44)39(30(20)42)17-5-3-4-16(12-17)35(46)47/h3-7,9-13,20-22,27-28,41,46-47H,8,14H2,1-2H3. The smallest absolute Gasteiger partial charge is 0.488 e. The second-order valence-electron chi connectivity index (χ2n) is 12.8. The zero-order valence-electron chi connectivity index (χ0n) is 25.6. The van der Waals surface area contributed by atoms with Gasteiger partial charge in [-0.2, -0.15) is 0 Å². The van der Waals surface area contributed by atoms with Gasteiger partial charge in [-0.05, 0) is 95.1 Å². The Morgan fingerprint density at radius 2 is 1.71 bits per heavy atom. The molecule has 2 saturated heterocycles. The highest BCUT2D eigenvalue weighted by molar-refractivity contribution is 9.10. The van der Waals surface area contributed by atoms with Crippen LogP contribution >= 0.6 is 27.5 Å². The number of phenolic OH excluding ortho intramolecular Hbond substituents is 1. The lowest BCUT2D eigenvalue weighted by Crippen LogP contribution is -2.48. The Morgan fingerprint density at radius 3 is 2.40 bits per heavy atom. The molecule has 0 aromatic heterocycles. The van der Waals surface area contributed by atoms with Crippen LogP contribution in [0.4, 0.5) is 15.8 Å². The van der Waals surface area contributed by atoms with Crippen LogP contribution in [0.3, 0.4) is 0 Å². The first-order valence-corrected chi connectivity index (χ1v) is 16.4. The van der Waals surface area contributed by atoms with E-state index in [9.17, 15) is 38.7 Å². The Labute approximate surface area is 288 Å². The predicted molar refractivity (Wildman–Crippen MR) is 177 cm³/mol. The number of carbonyl (C=O) groups excluding carboxylic acids is 4. The van der Waals surface area contributed by atoms with Crippen LogP contribution in [0, 0.1) is 34.9 Å². The number of methoxy groups -OCH3 is 1. The van der Waals surface area contributed by atoms with Crippen LogP contribution in [0.15, 0.2) is 70.7 Å². The Hall–Kier alpha value is -4.04. The summed E-state index contributed by atoms with van der Waals surface area (Å²) in [6.07, 6.45) is 2.14. The monoisotopic (exact) mass is 736 g/mol. The van der Waals surface area contributed by atoms with E-state index in [0.29, 0.717) is 11.1 Å². The number of phenols is 1. The van der Waals surface area contributed by atoms with Crippen molar-refractivity contribution in [2.75, 3.05) is 16.9 Å². The first-order valence-electron chi connectivity index (χ1n) is 15.2. The van der Waals surface area contributed by atoms with E-state index in [2.05, 4.69) is 15.9 Å². The molecule has 4 amide bonds. The average Bonchev–Trinajstić information content (AvgIpc) is 3.43. The summed E-state index contributed by atoms with van der Waals surface area (Å²) in [4.78, 5) is 59.1. The molecule has 10 nitrogen and oxygen atoms in total. The predicted octanol–water partition coefficient (Wildman–Crippen LogP) is 4.07. The fourth-order valence-electron chi connectivity index (χ4n) is 8.26. The quantitative estimate of drug-likeness (QED) is 0.202. The molecule has 4 aliphatic rings. The van der Waals surface area contributed by atoms with E-state index in [1.54, 1.807) is 25.1 Å². The number of hydrogen-bond donors (Lipinski definition) is 3. The number of nitrogens with zero attached hydrogens (tertiary/aromatic N) is 2. The van der Waals surface area contributed by atoms with Crippen LogP contribution in [-0.4, -0.2) is 53.0 Å². The first kappa shape index (κ1) is 32.5. The summed E-state index contributed by atoms with van der Waals surface area (Å²) < 4.78 is 19.9. The van der Waals surface area contributed by atoms with E-state index in [0.717, 1.165) is 15.9 Å². The van der Waals surface area contributed by atoms with Gasteiger partial charge in [0.15, 0.2) is 11.5 Å². The van der Waals surface area contributed by atoms with Gasteiger partial charge in [-0.1, -0.05) is 35.4 Å². The van der Waals surface area contributed by atoms with Crippen LogP contribution in [0.5, 0.6) is 11.5 Å². The zero-order valence-corrected chi connectivity index (χ0v) is 27.9. The fraction of sp³-hybridized carbons (Fsp3) is 0.294. The molecule has 246 valence electrons. The van der Waals surface area contributed by atoms with Gasteiger partial charge in [0.2, 0.25) is 23.6 Å². The van der Waals surface area contributed by atoms with Crippen LogP contribution in [0.25, 0.3) is 0 Å². The number of ether oxygens (including phenoxy) is 1. The molecule has 6 atom stereocenters. The summed E-state index contributed by atoms with van der Waals surface area (Å²) in [5.74, 6) is -6.76. The van der Waals surface area contributed by atoms with Crippen molar-refractivity contribution in [1.29, 1.82) is 0 Å². The van der Waals surface area contributed by atoms with Crippen molar-refractivity contribution in [3.05, 3.63) is 87.1 Å². The molecule has 48 heavy (non-hydrogen) atoms. The zero-order chi connectivity index (χ0) is 34.4. The first-order chi connectivity index (χ1) is 22.8. The number of aromatic hydroxyl groups is 1. The summed E-state index contributed by atoms with van der Waals surface area (Å²) in [7, 11) is -0.423. The second kappa shape index (κ2) is 11.5. The van der Waals surface area contributed by atoms with Crippen molar-refractivity contribution in [1.82, 2.24) is 0 Å². The van der Waals surface area contributed by atoms with Crippen molar-refractivity contribution in [2.45, 2.75) is 25.7 Å². The summed E-state index contributed by atoms with van der Waals surface area (Å²) in [5.41, 5.74) is 0.259. The number of carbonyl (C=O) groups is 4. The number of hydrogen-bond acceptors (Lipinski definition) is 8. The largest absolute Gasteiger partial charge is 0.503 e. The van der Waals surface area contributed by atoms with Crippen LogP contribution in [0.2, 0.25) is 5.02 Å². The Morgan fingerprint density at radius 1 is 0.979 bits per heavy atom. The van der Waals surface area contributed by atoms with Gasteiger partial charge in [-0.25, -0.2) is 9.29 Å². The molecule has 6 unspecified atom stereocenters. The van der Waals surface area contributed by atoms with E-state index < -0.39 is 71.6 Å². The van der Waals surface area contributed by atoms with Crippen LogP contribution in [0.1, 0.15) is 31.2 Å². The minimum Gasteiger partial charge on any atom is -0.503 e. The Bertz CT molecular complexity index is 1970. The topological polar surface area (TPSA) is 145 Å². The van der Waals surface area contributed by atoms with E-state index in [-0.39, 0.29) is 50.7 Å². The number of anilines is 2. The summed E-state index contributed by atoms with van der Waals surface area (Å²) in [5, 5.41) is 29.8. The van der Waals surface area contributed by atoms with E-state index >= 15 is 0 Å². The third-order valence-corrected chi connectivity index (χ3v) is 11.4. The van der Waals surface area contributed by atoms with Gasteiger partial charge in [0.1, 0.15) is 5.82 Å². The Balaban J connectivity index is 1.38. The van der Waals surface area contributed by atoms with Gasteiger partial charge in [-0.15, -0.1) is 0 Å². The summed E-state index contributed by atoms with van der Waals surface area (Å²) in [6.45, 7) is 1.70. The molecule has 0 bridgehead atoms. The summed E-state index contributed by atoms with van der Waals surface area (Å²) >= 11 is 9.45. The third kappa shape index (κ3) is 4.58. The molecule has 2 aliphatic carbocycles. The lowest BCUT2D eigenvalue weighted by molar-refractivity contribution is -0.131. The van der Waals surface area contributed by atoms with Gasteiger partial charge in [-0.3, -0.25) is 24.1 Å². The van der Waals surface area contributed by atoms with Gasteiger partial charge in [0.05, 0.1) is 51.1 Å². The number of allylic oxidation sites excluding steroid dienone is 2. The minimum atomic E-state index is -1.81. The minimum absolute atomic E-state index is 0.0780. The Kier molecular flexibility index (Phi) is 7.82. The highest BCUT2D eigenvalue weighted by atomic mass is 79.9. The van der Waals surface area contributed by atoms with E-state index in [1.807, 2.05) is 6.08 Å². The van der Waals surface area contributed by atoms with Gasteiger partial charge in [0.25, 0.3) is 0 Å². The SMILES string of the molecule is COc1cc(C2C3=CCC4C(=O)N(c5cccc(B(O)O)c5)C(=O)C4C3CC3C(=O)N(c4ccc(F)c(Cl)c4)C(=O)C32C)cc(Br)c1O. The lowest BCUT2D eigenvalue weighted by atomic mass is 9.51. The maximum absolute atomic E-state index is 14.6.